The first-order chi connectivity index (χ1) is 31.5. The van der Waals surface area contributed by atoms with Crippen LogP contribution in [0.2, 0.25) is 0 Å². The van der Waals surface area contributed by atoms with Gasteiger partial charge in [0.2, 0.25) is 0 Å². The second-order valence-electron chi connectivity index (χ2n) is 18.6. The molecule has 2 heteroatoms. The molecule has 2 nitrogen and oxygen atoms in total. The van der Waals surface area contributed by atoms with E-state index in [-0.39, 0.29) is 5.41 Å². The van der Waals surface area contributed by atoms with Crippen molar-refractivity contribution in [2.45, 2.75) is 52.4 Å². The van der Waals surface area contributed by atoms with Crippen LogP contribution in [0.25, 0.3) is 61.4 Å². The Balaban J connectivity index is 0.932. The molecule has 0 fully saturated rings. The first-order valence-corrected chi connectivity index (χ1v) is 23.2. The molecule has 2 unspecified atom stereocenters. The summed E-state index contributed by atoms with van der Waals surface area (Å²) in [5, 5.41) is 5.07. The maximum atomic E-state index is 6.55. The van der Waals surface area contributed by atoms with Gasteiger partial charge in [-0.05, 0) is 165 Å². The second kappa shape index (κ2) is 15.6. The SMILES string of the molecule is CC1C=C(c2ccc3oc4ccc(-c5ccc(N(c6ccccc6)c6ccc(C7=CC=CCC7)cc6)c6c5CCC=C6)cc4c3c2)C=C(C2=c3ccccc3=C3C=CC=CC3(C)C2)C1. The number of para-hydroxylation sites is 1. The Kier molecular flexibility index (Phi) is 9.37. The van der Waals surface area contributed by atoms with Gasteiger partial charge >= 0.3 is 0 Å². The van der Waals surface area contributed by atoms with Crippen LogP contribution in [0, 0.1) is 11.3 Å². The number of hydrogen-bond donors (Lipinski definition) is 0. The Labute approximate surface area is 376 Å². The number of hydrogen-bond acceptors (Lipinski definition) is 2. The summed E-state index contributed by atoms with van der Waals surface area (Å²) < 4.78 is 6.55. The molecule has 0 saturated heterocycles. The van der Waals surface area contributed by atoms with Crippen molar-refractivity contribution in [1.29, 1.82) is 0 Å². The van der Waals surface area contributed by atoms with E-state index in [2.05, 4.69) is 213 Å². The lowest BCUT2D eigenvalue weighted by atomic mass is 9.68. The van der Waals surface area contributed by atoms with Gasteiger partial charge in [-0.2, -0.15) is 0 Å². The van der Waals surface area contributed by atoms with E-state index in [9.17, 15) is 0 Å². The predicted octanol–water partition coefficient (Wildman–Crippen LogP) is 15.3. The van der Waals surface area contributed by atoms with Gasteiger partial charge in [-0.3, -0.25) is 0 Å². The normalized spacial score (nSPS) is 19.8. The number of rotatable bonds is 7. The van der Waals surface area contributed by atoms with E-state index in [1.807, 2.05) is 0 Å². The van der Waals surface area contributed by atoms with E-state index in [0.717, 1.165) is 71.8 Å². The molecule has 1 heterocycles. The molecule has 0 bridgehead atoms. The van der Waals surface area contributed by atoms with Crippen LogP contribution in [0.5, 0.6) is 0 Å². The van der Waals surface area contributed by atoms with E-state index >= 15 is 0 Å². The molecule has 12 rings (SSSR count). The Hall–Kier alpha value is -7.16. The molecule has 0 spiro atoms. The minimum Gasteiger partial charge on any atom is -0.456 e. The van der Waals surface area contributed by atoms with Gasteiger partial charge in [-0.25, -0.2) is 0 Å². The Morgan fingerprint density at radius 2 is 1.38 bits per heavy atom. The standard InChI is InChI=1S/C62H51NO/c1-41-35-46(37-47(36-41)57-40-62(2)34-14-13-23-58(62)53-21-11-9-20-52(53)57)44-26-32-60-55(38-44)56-39-45(27-33-61(56)64-60)50-30-31-59(54-22-12-10-19-51(50)54)63(48-17-7-4-8-18-48)49-28-24-43(25-29-49)42-15-5-3-6-16-42/h3-5,7-9,11-15,17-18,20-35,37-39,41H,6,10,16,19,36,40H2,1-2H3. The van der Waals surface area contributed by atoms with Crippen molar-refractivity contribution >= 4 is 67.4 Å². The monoisotopic (exact) mass is 825 g/mol. The number of anilines is 3. The van der Waals surface area contributed by atoms with Gasteiger partial charge in [0, 0.05) is 33.1 Å². The van der Waals surface area contributed by atoms with E-state index in [0.29, 0.717) is 5.92 Å². The van der Waals surface area contributed by atoms with Gasteiger partial charge < -0.3 is 9.32 Å². The lowest BCUT2D eigenvalue weighted by Gasteiger charge is -2.36. The van der Waals surface area contributed by atoms with Gasteiger partial charge in [0.1, 0.15) is 11.2 Å². The van der Waals surface area contributed by atoms with E-state index in [1.165, 1.54) is 77.4 Å². The molecule has 0 saturated carbocycles. The van der Waals surface area contributed by atoms with Crippen molar-refractivity contribution < 1.29 is 4.42 Å². The van der Waals surface area contributed by atoms with Crippen molar-refractivity contribution in [3.05, 3.63) is 226 Å². The number of benzene rings is 6. The molecule has 0 amide bonds. The summed E-state index contributed by atoms with van der Waals surface area (Å²) in [4.78, 5) is 2.43. The molecule has 5 aliphatic carbocycles. The highest BCUT2D eigenvalue weighted by atomic mass is 16.3. The van der Waals surface area contributed by atoms with Gasteiger partial charge in [0.25, 0.3) is 0 Å². The predicted molar refractivity (Wildman–Crippen MR) is 271 cm³/mol. The summed E-state index contributed by atoms with van der Waals surface area (Å²) in [6.45, 7) is 4.77. The van der Waals surface area contributed by atoms with Crippen LogP contribution in [0.1, 0.15) is 68.2 Å². The molecule has 5 aliphatic rings. The zero-order valence-corrected chi connectivity index (χ0v) is 36.7. The average Bonchev–Trinajstić information content (AvgIpc) is 3.72. The summed E-state index contributed by atoms with van der Waals surface area (Å²) in [7, 11) is 0. The van der Waals surface area contributed by atoms with E-state index in [4.69, 9.17) is 4.42 Å². The van der Waals surface area contributed by atoms with Crippen molar-refractivity contribution in [1.82, 2.24) is 0 Å². The number of allylic oxidation sites excluding steroid dienone is 13. The molecule has 0 N–H and O–H groups in total. The topological polar surface area (TPSA) is 16.4 Å². The van der Waals surface area contributed by atoms with Crippen molar-refractivity contribution in [2.24, 2.45) is 11.3 Å². The van der Waals surface area contributed by atoms with Crippen molar-refractivity contribution in [3.8, 4) is 11.1 Å². The second-order valence-corrected chi connectivity index (χ2v) is 18.6. The van der Waals surface area contributed by atoms with Gasteiger partial charge in [-0.15, -0.1) is 0 Å². The molecule has 6 aromatic carbocycles. The Morgan fingerprint density at radius 3 is 2.19 bits per heavy atom. The van der Waals surface area contributed by atoms with Gasteiger partial charge in [0.15, 0.2) is 0 Å². The highest BCUT2D eigenvalue weighted by Gasteiger charge is 2.33. The average molecular weight is 826 g/mol. The smallest absolute Gasteiger partial charge is 0.135 e. The minimum atomic E-state index is -0.00970. The number of furan rings is 1. The van der Waals surface area contributed by atoms with Gasteiger partial charge in [0.05, 0.1) is 5.69 Å². The first-order valence-electron chi connectivity index (χ1n) is 23.2. The molecule has 2 atom stereocenters. The summed E-state index contributed by atoms with van der Waals surface area (Å²) >= 11 is 0. The quantitative estimate of drug-likeness (QED) is 0.159. The molecule has 0 aliphatic heterocycles. The van der Waals surface area contributed by atoms with Crippen molar-refractivity contribution in [2.75, 3.05) is 4.90 Å². The first kappa shape index (κ1) is 38.5. The maximum absolute atomic E-state index is 6.55. The molecular formula is C62H51NO. The lowest BCUT2D eigenvalue weighted by Crippen LogP contribution is -2.39. The van der Waals surface area contributed by atoms with E-state index < -0.39 is 0 Å². The zero-order chi connectivity index (χ0) is 42.8. The Morgan fingerprint density at radius 1 is 0.641 bits per heavy atom. The molecule has 0 radical (unpaired) electrons. The fourth-order valence-corrected chi connectivity index (χ4v) is 11.2. The summed E-state index contributed by atoms with van der Waals surface area (Å²) in [5.74, 6) is 0.426. The minimum absolute atomic E-state index is 0.00970. The summed E-state index contributed by atoms with van der Waals surface area (Å²) in [6, 6.07) is 47.3. The van der Waals surface area contributed by atoms with Crippen LogP contribution < -0.4 is 15.3 Å². The fraction of sp³-hybridized carbons (Fsp3) is 0.161. The van der Waals surface area contributed by atoms with Crippen LogP contribution >= 0.6 is 0 Å². The number of fused-ring (bicyclic) bond motifs is 6. The maximum Gasteiger partial charge on any atom is 0.135 e. The fourth-order valence-electron chi connectivity index (χ4n) is 11.2. The largest absolute Gasteiger partial charge is 0.456 e. The Bertz CT molecular complexity index is 3400. The lowest BCUT2D eigenvalue weighted by molar-refractivity contribution is 0.577. The van der Waals surface area contributed by atoms with Crippen LogP contribution in [-0.4, -0.2) is 0 Å². The highest BCUT2D eigenvalue weighted by molar-refractivity contribution is 6.08. The molecule has 64 heavy (non-hydrogen) atoms. The van der Waals surface area contributed by atoms with Crippen LogP contribution in [0.4, 0.5) is 17.1 Å². The third kappa shape index (κ3) is 6.63. The van der Waals surface area contributed by atoms with Crippen LogP contribution in [0.15, 0.2) is 198 Å². The van der Waals surface area contributed by atoms with Crippen LogP contribution in [0.3, 0.4) is 0 Å². The zero-order valence-electron chi connectivity index (χ0n) is 36.7. The molecular weight excluding hydrogens is 775 g/mol. The van der Waals surface area contributed by atoms with Gasteiger partial charge in [-0.1, -0.05) is 153 Å². The van der Waals surface area contributed by atoms with Crippen molar-refractivity contribution in [3.63, 3.8) is 0 Å². The molecule has 7 aromatic rings. The van der Waals surface area contributed by atoms with E-state index in [1.54, 1.807) is 0 Å². The third-order valence-corrected chi connectivity index (χ3v) is 14.3. The number of nitrogens with zero attached hydrogens (tertiary/aromatic N) is 1. The summed E-state index contributed by atoms with van der Waals surface area (Å²) in [6.07, 6.45) is 31.7. The molecule has 310 valence electrons. The highest BCUT2D eigenvalue weighted by Crippen LogP contribution is 2.47. The molecule has 1 aromatic heterocycles. The van der Waals surface area contributed by atoms with Crippen LogP contribution in [-0.2, 0) is 6.42 Å². The summed E-state index contributed by atoms with van der Waals surface area (Å²) in [5.41, 5.74) is 20.1. The third-order valence-electron chi connectivity index (χ3n) is 14.3.